The molecule has 3 aromatic rings. The first-order chi connectivity index (χ1) is 13.6. The molecule has 0 spiro atoms. The molecule has 0 aromatic heterocycles. The van der Waals surface area contributed by atoms with E-state index in [2.05, 4.69) is 10.5 Å². The highest BCUT2D eigenvalue weighted by Gasteiger charge is 2.07. The Kier molecular flexibility index (Phi) is 5.91. The van der Waals surface area contributed by atoms with Crippen LogP contribution in [0.15, 0.2) is 71.8 Å². The molecule has 28 heavy (non-hydrogen) atoms. The predicted octanol–water partition coefficient (Wildman–Crippen LogP) is 3.84. The SMILES string of the molecule is COc1ccc(-c2cccc(C(=O)N/N=C/c3ccc(O)c(OC)c3)c2)cc1. The summed E-state index contributed by atoms with van der Waals surface area (Å²) in [6.45, 7) is 0. The summed E-state index contributed by atoms with van der Waals surface area (Å²) in [5, 5.41) is 13.6. The fraction of sp³-hybridized carbons (Fsp3) is 0.0909. The Bertz CT molecular complexity index is 998. The molecule has 1 amide bonds. The summed E-state index contributed by atoms with van der Waals surface area (Å²) in [7, 11) is 3.09. The van der Waals surface area contributed by atoms with Crippen LogP contribution < -0.4 is 14.9 Å². The zero-order valence-electron chi connectivity index (χ0n) is 15.5. The van der Waals surface area contributed by atoms with Crippen molar-refractivity contribution < 1.29 is 19.4 Å². The Morgan fingerprint density at radius 2 is 1.75 bits per heavy atom. The number of hydrogen-bond acceptors (Lipinski definition) is 5. The van der Waals surface area contributed by atoms with Crippen LogP contribution >= 0.6 is 0 Å². The third-order valence-corrected chi connectivity index (χ3v) is 4.13. The molecule has 0 radical (unpaired) electrons. The molecule has 0 heterocycles. The van der Waals surface area contributed by atoms with Crippen molar-refractivity contribution in [1.29, 1.82) is 0 Å². The zero-order valence-corrected chi connectivity index (χ0v) is 15.5. The van der Waals surface area contributed by atoms with Gasteiger partial charge in [0, 0.05) is 5.56 Å². The maximum Gasteiger partial charge on any atom is 0.271 e. The lowest BCUT2D eigenvalue weighted by Gasteiger charge is -2.06. The van der Waals surface area contributed by atoms with E-state index in [0.717, 1.165) is 16.9 Å². The minimum Gasteiger partial charge on any atom is -0.504 e. The fourth-order valence-corrected chi connectivity index (χ4v) is 2.63. The van der Waals surface area contributed by atoms with Crippen LogP contribution in [0.4, 0.5) is 0 Å². The third-order valence-electron chi connectivity index (χ3n) is 4.13. The van der Waals surface area contributed by atoms with Gasteiger partial charge in [0.25, 0.3) is 5.91 Å². The number of nitrogens with one attached hydrogen (secondary N) is 1. The number of benzene rings is 3. The smallest absolute Gasteiger partial charge is 0.271 e. The second kappa shape index (κ2) is 8.73. The van der Waals surface area contributed by atoms with E-state index >= 15 is 0 Å². The summed E-state index contributed by atoms with van der Waals surface area (Å²) in [5.41, 5.74) is 5.58. The van der Waals surface area contributed by atoms with Gasteiger partial charge < -0.3 is 14.6 Å². The maximum atomic E-state index is 12.4. The average Bonchev–Trinajstić information content (AvgIpc) is 2.75. The average molecular weight is 376 g/mol. The number of hydrogen-bond donors (Lipinski definition) is 2. The highest BCUT2D eigenvalue weighted by Crippen LogP contribution is 2.25. The van der Waals surface area contributed by atoms with Crippen LogP contribution in [0.25, 0.3) is 11.1 Å². The third kappa shape index (κ3) is 4.48. The van der Waals surface area contributed by atoms with Crippen molar-refractivity contribution in [2.24, 2.45) is 5.10 Å². The molecule has 0 aliphatic heterocycles. The lowest BCUT2D eigenvalue weighted by molar-refractivity contribution is 0.0955. The van der Waals surface area contributed by atoms with E-state index < -0.39 is 0 Å². The number of phenolic OH excluding ortho intramolecular Hbond substituents is 1. The molecule has 6 nitrogen and oxygen atoms in total. The Balaban J connectivity index is 1.70. The number of carbonyl (C=O) groups is 1. The zero-order chi connectivity index (χ0) is 19.9. The standard InChI is InChI=1S/C22H20N2O4/c1-27-19-9-7-16(8-10-19)17-4-3-5-18(13-17)22(26)24-23-14-15-6-11-20(25)21(12-15)28-2/h3-14,25H,1-2H3,(H,24,26)/b23-14+. The molecule has 0 bridgehead atoms. The van der Waals surface area contributed by atoms with Crippen LogP contribution in [0, 0.1) is 0 Å². The number of ether oxygens (including phenoxy) is 2. The summed E-state index contributed by atoms with van der Waals surface area (Å²) < 4.78 is 10.2. The molecule has 0 aliphatic carbocycles. The molecular formula is C22H20N2O4. The quantitative estimate of drug-likeness (QED) is 0.506. The Morgan fingerprint density at radius 3 is 2.46 bits per heavy atom. The Labute approximate surface area is 163 Å². The first kappa shape index (κ1) is 19.0. The van der Waals surface area contributed by atoms with Crippen molar-refractivity contribution >= 4 is 12.1 Å². The van der Waals surface area contributed by atoms with E-state index in [9.17, 15) is 9.90 Å². The first-order valence-corrected chi connectivity index (χ1v) is 8.55. The van der Waals surface area contributed by atoms with E-state index in [-0.39, 0.29) is 11.7 Å². The number of phenols is 1. The van der Waals surface area contributed by atoms with Gasteiger partial charge in [-0.05, 0) is 59.2 Å². The molecule has 0 aliphatic rings. The van der Waals surface area contributed by atoms with Crippen molar-refractivity contribution in [2.75, 3.05) is 14.2 Å². The van der Waals surface area contributed by atoms with Gasteiger partial charge in [0.05, 0.1) is 20.4 Å². The van der Waals surface area contributed by atoms with Crippen LogP contribution in [-0.2, 0) is 0 Å². The second-order valence-corrected chi connectivity index (χ2v) is 5.94. The first-order valence-electron chi connectivity index (χ1n) is 8.55. The van der Waals surface area contributed by atoms with E-state index in [1.165, 1.54) is 19.4 Å². The minimum atomic E-state index is -0.322. The van der Waals surface area contributed by atoms with Gasteiger partial charge in [-0.3, -0.25) is 4.79 Å². The number of aromatic hydroxyl groups is 1. The lowest BCUT2D eigenvalue weighted by Crippen LogP contribution is -2.17. The molecular weight excluding hydrogens is 356 g/mol. The second-order valence-electron chi connectivity index (χ2n) is 5.94. The molecule has 3 rings (SSSR count). The van der Waals surface area contributed by atoms with Crippen LogP contribution in [-0.4, -0.2) is 31.4 Å². The van der Waals surface area contributed by atoms with E-state index in [1.54, 1.807) is 31.4 Å². The van der Waals surface area contributed by atoms with Gasteiger partial charge in [-0.1, -0.05) is 24.3 Å². The molecule has 0 atom stereocenters. The van der Waals surface area contributed by atoms with Gasteiger partial charge in [-0.2, -0.15) is 5.10 Å². The summed E-state index contributed by atoms with van der Waals surface area (Å²) in [5.74, 6) is 0.830. The molecule has 2 N–H and O–H groups in total. The topological polar surface area (TPSA) is 80.2 Å². The highest BCUT2D eigenvalue weighted by atomic mass is 16.5. The number of methoxy groups -OCH3 is 2. The van der Waals surface area contributed by atoms with Gasteiger partial charge in [0.15, 0.2) is 11.5 Å². The van der Waals surface area contributed by atoms with E-state index in [1.807, 2.05) is 36.4 Å². The van der Waals surface area contributed by atoms with Gasteiger partial charge >= 0.3 is 0 Å². The van der Waals surface area contributed by atoms with Crippen LogP contribution in [0.1, 0.15) is 15.9 Å². The van der Waals surface area contributed by atoms with Crippen molar-refractivity contribution in [3.63, 3.8) is 0 Å². The highest BCUT2D eigenvalue weighted by molar-refractivity contribution is 5.96. The molecule has 0 unspecified atom stereocenters. The van der Waals surface area contributed by atoms with Gasteiger partial charge in [0.1, 0.15) is 5.75 Å². The van der Waals surface area contributed by atoms with Crippen molar-refractivity contribution in [3.05, 3.63) is 77.9 Å². The number of nitrogens with zero attached hydrogens (tertiary/aromatic N) is 1. The molecule has 3 aromatic carbocycles. The van der Waals surface area contributed by atoms with Crippen LogP contribution in [0.2, 0.25) is 0 Å². The van der Waals surface area contributed by atoms with E-state index in [0.29, 0.717) is 16.9 Å². The van der Waals surface area contributed by atoms with Crippen molar-refractivity contribution in [2.45, 2.75) is 0 Å². The maximum absolute atomic E-state index is 12.4. The number of amides is 1. The van der Waals surface area contributed by atoms with Crippen molar-refractivity contribution in [1.82, 2.24) is 5.43 Å². The summed E-state index contributed by atoms with van der Waals surface area (Å²) in [6.07, 6.45) is 1.48. The number of rotatable bonds is 6. The van der Waals surface area contributed by atoms with Gasteiger partial charge in [-0.15, -0.1) is 0 Å². The Morgan fingerprint density at radius 1 is 0.964 bits per heavy atom. The molecule has 0 fully saturated rings. The largest absolute Gasteiger partial charge is 0.504 e. The van der Waals surface area contributed by atoms with Crippen LogP contribution in [0.3, 0.4) is 0 Å². The number of hydrazone groups is 1. The van der Waals surface area contributed by atoms with Gasteiger partial charge in [0.2, 0.25) is 0 Å². The minimum absolute atomic E-state index is 0.0408. The summed E-state index contributed by atoms with van der Waals surface area (Å²) in [6, 6.07) is 19.7. The van der Waals surface area contributed by atoms with Crippen molar-refractivity contribution in [3.8, 4) is 28.4 Å². The summed E-state index contributed by atoms with van der Waals surface area (Å²) >= 11 is 0. The molecule has 142 valence electrons. The Hall–Kier alpha value is -3.80. The van der Waals surface area contributed by atoms with Gasteiger partial charge in [-0.25, -0.2) is 5.43 Å². The lowest BCUT2D eigenvalue weighted by atomic mass is 10.0. The molecule has 0 saturated heterocycles. The monoisotopic (exact) mass is 376 g/mol. The normalized spacial score (nSPS) is 10.6. The molecule has 0 saturated carbocycles. The van der Waals surface area contributed by atoms with E-state index in [4.69, 9.17) is 9.47 Å². The number of carbonyl (C=O) groups excluding carboxylic acids is 1. The fourth-order valence-electron chi connectivity index (χ4n) is 2.63. The molecule has 6 heteroatoms. The van der Waals surface area contributed by atoms with Crippen LogP contribution in [0.5, 0.6) is 17.2 Å². The predicted molar refractivity (Wildman–Crippen MR) is 108 cm³/mol. The summed E-state index contributed by atoms with van der Waals surface area (Å²) in [4.78, 5) is 12.4.